The zero-order valence-electron chi connectivity index (χ0n) is 13.0. The van der Waals surface area contributed by atoms with Crippen LogP contribution in [0.25, 0.3) is 0 Å². The van der Waals surface area contributed by atoms with E-state index in [-0.39, 0.29) is 12.7 Å². The molecule has 0 aromatic carbocycles. The summed E-state index contributed by atoms with van der Waals surface area (Å²) in [5, 5.41) is 12.4. The van der Waals surface area contributed by atoms with E-state index < -0.39 is 0 Å². The number of anilines is 2. The van der Waals surface area contributed by atoms with Crippen molar-refractivity contribution < 1.29 is 9.84 Å². The molecule has 2 N–H and O–H groups in total. The molecule has 1 aromatic rings. The maximum Gasteiger partial charge on any atom is 0.323 e. The van der Waals surface area contributed by atoms with Gasteiger partial charge in [0.1, 0.15) is 0 Å². The van der Waals surface area contributed by atoms with Crippen molar-refractivity contribution in [1.29, 1.82) is 0 Å². The first-order valence-corrected chi connectivity index (χ1v) is 7.68. The highest BCUT2D eigenvalue weighted by molar-refractivity contribution is 5.40. The summed E-state index contributed by atoms with van der Waals surface area (Å²) >= 11 is 0. The number of ether oxygens (including phenoxy) is 1. The van der Waals surface area contributed by atoms with E-state index in [1.165, 1.54) is 0 Å². The van der Waals surface area contributed by atoms with Gasteiger partial charge in [-0.15, -0.1) is 0 Å². The van der Waals surface area contributed by atoms with E-state index in [9.17, 15) is 5.11 Å². The Kier molecular flexibility index (Phi) is 5.55. The summed E-state index contributed by atoms with van der Waals surface area (Å²) in [5.74, 6) is 1.11. The van der Waals surface area contributed by atoms with Gasteiger partial charge in [-0.2, -0.15) is 15.0 Å². The second-order valence-corrected chi connectivity index (χ2v) is 5.48. The van der Waals surface area contributed by atoms with Crippen LogP contribution >= 0.6 is 0 Å². The first-order valence-electron chi connectivity index (χ1n) is 7.68. The maximum absolute atomic E-state index is 9.24. The van der Waals surface area contributed by atoms with Gasteiger partial charge in [-0.25, -0.2) is 0 Å². The predicted molar refractivity (Wildman–Crippen MR) is 81.8 cm³/mol. The Bertz CT molecular complexity index is 451. The quantitative estimate of drug-likeness (QED) is 0.713. The van der Waals surface area contributed by atoms with Crippen molar-refractivity contribution in [3.05, 3.63) is 0 Å². The number of aromatic nitrogens is 3. The van der Waals surface area contributed by atoms with E-state index in [0.717, 1.165) is 25.8 Å². The standard InChI is InChI=1S/C14H25N5O2/c1-4-7-15-12-16-13(18-14(17-12)21-10(2)3)19(8-9-20)11-5-6-11/h10-11,20H,4-9H2,1-3H3,(H,15,16,17,18). The molecule has 0 amide bonds. The van der Waals surface area contributed by atoms with Crippen molar-refractivity contribution in [2.75, 3.05) is 29.9 Å². The van der Waals surface area contributed by atoms with Gasteiger partial charge in [0.25, 0.3) is 0 Å². The Morgan fingerprint density at radius 3 is 2.67 bits per heavy atom. The molecule has 1 heterocycles. The molecule has 1 aromatic heterocycles. The van der Waals surface area contributed by atoms with Gasteiger partial charge in [0, 0.05) is 19.1 Å². The second-order valence-electron chi connectivity index (χ2n) is 5.48. The Morgan fingerprint density at radius 1 is 1.33 bits per heavy atom. The number of hydrogen-bond acceptors (Lipinski definition) is 7. The lowest BCUT2D eigenvalue weighted by atomic mass is 10.5. The lowest BCUT2D eigenvalue weighted by Gasteiger charge is -2.22. The van der Waals surface area contributed by atoms with Gasteiger partial charge in [-0.3, -0.25) is 0 Å². The third kappa shape index (κ3) is 4.70. The van der Waals surface area contributed by atoms with Crippen LogP contribution in [0.15, 0.2) is 0 Å². The third-order valence-corrected chi connectivity index (χ3v) is 3.06. The van der Waals surface area contributed by atoms with Crippen LogP contribution in [-0.4, -0.2) is 51.9 Å². The van der Waals surface area contributed by atoms with Gasteiger partial charge in [-0.1, -0.05) is 6.92 Å². The van der Waals surface area contributed by atoms with Crippen molar-refractivity contribution in [3.63, 3.8) is 0 Å². The van der Waals surface area contributed by atoms with E-state index in [1.54, 1.807) is 0 Å². The summed E-state index contributed by atoms with van der Waals surface area (Å²) in [6.07, 6.45) is 3.23. The molecular weight excluding hydrogens is 270 g/mol. The van der Waals surface area contributed by atoms with E-state index in [2.05, 4.69) is 27.2 Å². The van der Waals surface area contributed by atoms with Crippen molar-refractivity contribution >= 4 is 11.9 Å². The topological polar surface area (TPSA) is 83.4 Å². The highest BCUT2D eigenvalue weighted by atomic mass is 16.5. The Balaban J connectivity index is 2.23. The zero-order chi connectivity index (χ0) is 15.2. The minimum atomic E-state index is 0.00601. The molecule has 0 unspecified atom stereocenters. The van der Waals surface area contributed by atoms with Gasteiger partial charge < -0.3 is 20.1 Å². The molecule has 118 valence electrons. The molecule has 21 heavy (non-hydrogen) atoms. The van der Waals surface area contributed by atoms with Crippen LogP contribution in [0.5, 0.6) is 6.01 Å². The first-order chi connectivity index (χ1) is 10.1. The summed E-state index contributed by atoms with van der Waals surface area (Å²) in [5.41, 5.74) is 0. The summed E-state index contributed by atoms with van der Waals surface area (Å²) in [6.45, 7) is 7.38. The summed E-state index contributed by atoms with van der Waals surface area (Å²) in [6, 6.07) is 0.752. The summed E-state index contributed by atoms with van der Waals surface area (Å²) in [7, 11) is 0. The largest absolute Gasteiger partial charge is 0.461 e. The van der Waals surface area contributed by atoms with Crippen LogP contribution in [0, 0.1) is 0 Å². The van der Waals surface area contributed by atoms with E-state index in [1.807, 2.05) is 18.7 Å². The Labute approximate surface area is 125 Å². The zero-order valence-corrected chi connectivity index (χ0v) is 13.0. The molecule has 1 saturated carbocycles. The van der Waals surface area contributed by atoms with Crippen LogP contribution in [0.1, 0.15) is 40.0 Å². The molecule has 2 rings (SSSR count). The van der Waals surface area contributed by atoms with E-state index >= 15 is 0 Å². The van der Waals surface area contributed by atoms with Crippen molar-refractivity contribution in [3.8, 4) is 6.01 Å². The minimum absolute atomic E-state index is 0.00601. The van der Waals surface area contributed by atoms with Gasteiger partial charge in [-0.05, 0) is 33.1 Å². The fourth-order valence-electron chi connectivity index (χ4n) is 1.99. The molecular formula is C14H25N5O2. The predicted octanol–water partition coefficient (Wildman–Crippen LogP) is 1.44. The maximum atomic E-state index is 9.24. The molecule has 0 saturated heterocycles. The van der Waals surface area contributed by atoms with Gasteiger partial charge in [0.05, 0.1) is 12.7 Å². The van der Waals surface area contributed by atoms with Crippen LogP contribution < -0.4 is 15.0 Å². The SMILES string of the molecule is CCCNc1nc(OC(C)C)nc(N(CCO)C2CC2)n1. The average Bonchev–Trinajstić information content (AvgIpc) is 3.26. The van der Waals surface area contributed by atoms with Crippen LogP contribution in [0.4, 0.5) is 11.9 Å². The molecule has 7 nitrogen and oxygen atoms in total. The third-order valence-electron chi connectivity index (χ3n) is 3.06. The second kappa shape index (κ2) is 7.40. The number of rotatable bonds is 9. The molecule has 1 aliphatic carbocycles. The normalized spacial score (nSPS) is 14.3. The average molecular weight is 295 g/mol. The lowest BCUT2D eigenvalue weighted by molar-refractivity contribution is 0.221. The number of nitrogens with one attached hydrogen (secondary N) is 1. The van der Waals surface area contributed by atoms with E-state index in [0.29, 0.717) is 30.5 Å². The van der Waals surface area contributed by atoms with E-state index in [4.69, 9.17) is 4.74 Å². The highest BCUT2D eigenvalue weighted by Gasteiger charge is 2.31. The molecule has 0 bridgehead atoms. The molecule has 1 fully saturated rings. The summed E-state index contributed by atoms with van der Waals surface area (Å²) in [4.78, 5) is 15.2. The fraction of sp³-hybridized carbons (Fsp3) is 0.786. The summed E-state index contributed by atoms with van der Waals surface area (Å²) < 4.78 is 5.61. The molecule has 7 heteroatoms. The Morgan fingerprint density at radius 2 is 2.10 bits per heavy atom. The van der Waals surface area contributed by atoms with Crippen molar-refractivity contribution in [2.45, 2.75) is 52.2 Å². The number of aliphatic hydroxyl groups is 1. The smallest absolute Gasteiger partial charge is 0.323 e. The lowest BCUT2D eigenvalue weighted by Crippen LogP contribution is -2.31. The minimum Gasteiger partial charge on any atom is -0.461 e. The van der Waals surface area contributed by atoms with Crippen LogP contribution in [-0.2, 0) is 0 Å². The van der Waals surface area contributed by atoms with Gasteiger partial charge in [0.2, 0.25) is 11.9 Å². The van der Waals surface area contributed by atoms with Crippen LogP contribution in [0.2, 0.25) is 0 Å². The molecule has 0 aliphatic heterocycles. The van der Waals surface area contributed by atoms with Gasteiger partial charge >= 0.3 is 6.01 Å². The number of hydrogen-bond donors (Lipinski definition) is 2. The fourth-order valence-corrected chi connectivity index (χ4v) is 1.99. The molecule has 0 radical (unpaired) electrons. The molecule has 0 spiro atoms. The van der Waals surface area contributed by atoms with Crippen molar-refractivity contribution in [1.82, 2.24) is 15.0 Å². The molecule has 1 aliphatic rings. The van der Waals surface area contributed by atoms with Crippen LogP contribution in [0.3, 0.4) is 0 Å². The Hall–Kier alpha value is -1.63. The monoisotopic (exact) mass is 295 g/mol. The molecule has 0 atom stereocenters. The number of nitrogens with zero attached hydrogens (tertiary/aromatic N) is 4. The van der Waals surface area contributed by atoms with Gasteiger partial charge in [0.15, 0.2) is 0 Å². The first kappa shape index (κ1) is 15.8. The highest BCUT2D eigenvalue weighted by Crippen LogP contribution is 2.30. The van der Waals surface area contributed by atoms with Crippen molar-refractivity contribution in [2.24, 2.45) is 0 Å². The number of aliphatic hydroxyl groups excluding tert-OH is 1.